The van der Waals surface area contributed by atoms with Crippen LogP contribution in [0.3, 0.4) is 0 Å². The molecule has 0 aliphatic carbocycles. The zero-order valence-electron chi connectivity index (χ0n) is 14.7. The number of sulfonamides is 1. The first-order valence-electron chi connectivity index (χ1n) is 8.57. The second-order valence-electron chi connectivity index (χ2n) is 5.86. The molecule has 1 aromatic rings. The molecule has 0 radical (unpaired) electrons. The van der Waals surface area contributed by atoms with Crippen LogP contribution in [0.5, 0.6) is 0 Å². The van der Waals surface area contributed by atoms with Crippen LogP contribution in [0.2, 0.25) is 0 Å². The summed E-state index contributed by atoms with van der Waals surface area (Å²) in [5, 5.41) is 2.78. The van der Waals surface area contributed by atoms with Crippen molar-refractivity contribution in [2.24, 2.45) is 0 Å². The van der Waals surface area contributed by atoms with Gasteiger partial charge in [-0.05, 0) is 38.2 Å². The number of carbonyl (C=O) groups excluding carboxylic acids is 2. The molecule has 0 unspecified atom stereocenters. The molecule has 0 fully saturated rings. The summed E-state index contributed by atoms with van der Waals surface area (Å²) in [4.78, 5) is 26.4. The van der Waals surface area contributed by atoms with Crippen LogP contribution in [0.1, 0.15) is 37.0 Å². The molecule has 138 valence electrons. The Kier molecular flexibility index (Phi) is 6.55. The Hall–Kier alpha value is -1.93. The highest BCUT2D eigenvalue weighted by molar-refractivity contribution is 7.90. The maximum atomic E-state index is 12.4. The van der Waals surface area contributed by atoms with E-state index < -0.39 is 15.9 Å². The van der Waals surface area contributed by atoms with Crippen LogP contribution in [-0.2, 0) is 14.8 Å². The van der Waals surface area contributed by atoms with Crippen LogP contribution in [0.4, 0.5) is 0 Å². The largest absolute Gasteiger partial charge is 0.356 e. The molecular formula is C17H25N3O4S. The van der Waals surface area contributed by atoms with Gasteiger partial charge in [0, 0.05) is 19.5 Å². The van der Waals surface area contributed by atoms with E-state index in [0.717, 1.165) is 30.4 Å². The summed E-state index contributed by atoms with van der Waals surface area (Å²) < 4.78 is 25.5. The van der Waals surface area contributed by atoms with Crippen LogP contribution in [0, 0.1) is 0 Å². The molecule has 1 aromatic carbocycles. The molecule has 1 aliphatic heterocycles. The summed E-state index contributed by atoms with van der Waals surface area (Å²) in [5.74, 6) is -0.816. The Balaban J connectivity index is 1.82. The van der Waals surface area contributed by atoms with Crippen LogP contribution < -0.4 is 5.32 Å². The summed E-state index contributed by atoms with van der Waals surface area (Å²) >= 11 is 0. The summed E-state index contributed by atoms with van der Waals surface area (Å²) in [5.41, 5.74) is 0.169. The predicted octanol–water partition coefficient (Wildman–Crippen LogP) is 1.07. The Morgan fingerprint density at radius 2 is 1.88 bits per heavy atom. The fourth-order valence-electron chi connectivity index (χ4n) is 2.81. The third-order valence-corrected chi connectivity index (χ3v) is 6.16. The van der Waals surface area contributed by atoms with Crippen molar-refractivity contribution < 1.29 is 18.0 Å². The number of hydrogen-bond acceptors (Lipinski definition) is 5. The summed E-state index contributed by atoms with van der Waals surface area (Å²) in [6.45, 7) is 7.43. The van der Waals surface area contributed by atoms with E-state index in [1.165, 1.54) is 12.1 Å². The van der Waals surface area contributed by atoms with Gasteiger partial charge in [0.15, 0.2) is 0 Å². The summed E-state index contributed by atoms with van der Waals surface area (Å²) in [6, 6.07) is 6.10. The highest BCUT2D eigenvalue weighted by Gasteiger charge is 2.40. The smallest absolute Gasteiger partial charge is 0.269 e. The Labute approximate surface area is 149 Å². The third-order valence-electron chi connectivity index (χ3n) is 4.32. The Bertz CT molecular complexity index is 729. The molecule has 1 N–H and O–H groups in total. The molecule has 0 saturated carbocycles. The molecule has 0 atom stereocenters. The standard InChI is InChI=1S/C17H25N3O4S/c1-3-19(4-2)12-7-11-18-16(21)10-13-20-17(22)14-8-5-6-9-15(14)25(20,23)24/h5-6,8-9H,3-4,7,10-13H2,1-2H3,(H,18,21). The van der Waals surface area contributed by atoms with Gasteiger partial charge >= 0.3 is 0 Å². The van der Waals surface area contributed by atoms with E-state index in [1.54, 1.807) is 12.1 Å². The van der Waals surface area contributed by atoms with Gasteiger partial charge in [-0.25, -0.2) is 12.7 Å². The average molecular weight is 367 g/mol. The van der Waals surface area contributed by atoms with Crippen molar-refractivity contribution in [2.45, 2.75) is 31.6 Å². The molecule has 0 bridgehead atoms. The topological polar surface area (TPSA) is 86.8 Å². The lowest BCUT2D eigenvalue weighted by Gasteiger charge is -2.18. The lowest BCUT2D eigenvalue weighted by atomic mass is 10.2. The SMILES string of the molecule is CCN(CC)CCCNC(=O)CCN1C(=O)c2ccccc2S1(=O)=O. The Morgan fingerprint density at radius 1 is 1.20 bits per heavy atom. The molecule has 1 heterocycles. The molecule has 1 aliphatic rings. The van der Waals surface area contributed by atoms with Crippen LogP contribution in [-0.4, -0.2) is 62.2 Å². The molecule has 7 nitrogen and oxygen atoms in total. The monoisotopic (exact) mass is 367 g/mol. The third kappa shape index (κ3) is 4.38. The minimum Gasteiger partial charge on any atom is -0.356 e. The molecule has 2 amide bonds. The molecular weight excluding hydrogens is 342 g/mol. The van der Waals surface area contributed by atoms with E-state index in [1.807, 2.05) is 0 Å². The molecule has 0 spiro atoms. The maximum absolute atomic E-state index is 12.4. The first kappa shape index (κ1) is 19.4. The number of rotatable bonds is 9. The van der Waals surface area contributed by atoms with Crippen molar-refractivity contribution in [3.8, 4) is 0 Å². The van der Waals surface area contributed by atoms with Crippen LogP contribution >= 0.6 is 0 Å². The lowest BCUT2D eigenvalue weighted by molar-refractivity contribution is -0.121. The normalized spacial score (nSPS) is 15.5. The van der Waals surface area contributed by atoms with E-state index in [0.29, 0.717) is 6.54 Å². The first-order valence-corrected chi connectivity index (χ1v) is 10.0. The number of hydrogen-bond donors (Lipinski definition) is 1. The van der Waals surface area contributed by atoms with E-state index in [2.05, 4.69) is 24.1 Å². The minimum absolute atomic E-state index is 0.0135. The fourth-order valence-corrected chi connectivity index (χ4v) is 4.38. The van der Waals surface area contributed by atoms with Gasteiger partial charge in [0.2, 0.25) is 5.91 Å². The molecule has 0 saturated heterocycles. The number of nitrogens with one attached hydrogen (secondary N) is 1. The van der Waals surface area contributed by atoms with Crippen LogP contribution in [0.25, 0.3) is 0 Å². The minimum atomic E-state index is -3.84. The second kappa shape index (κ2) is 8.44. The second-order valence-corrected chi connectivity index (χ2v) is 7.69. The summed E-state index contributed by atoms with van der Waals surface area (Å²) in [6.07, 6.45) is 0.796. The van der Waals surface area contributed by atoms with E-state index in [-0.39, 0.29) is 29.3 Å². The number of amides is 2. The van der Waals surface area contributed by atoms with Crippen molar-refractivity contribution in [2.75, 3.05) is 32.7 Å². The van der Waals surface area contributed by atoms with Crippen molar-refractivity contribution in [1.82, 2.24) is 14.5 Å². The van der Waals surface area contributed by atoms with Crippen molar-refractivity contribution in [1.29, 1.82) is 0 Å². The number of fused-ring (bicyclic) bond motifs is 1. The van der Waals surface area contributed by atoms with Gasteiger partial charge in [-0.15, -0.1) is 0 Å². The number of benzene rings is 1. The highest BCUT2D eigenvalue weighted by atomic mass is 32.2. The van der Waals surface area contributed by atoms with Gasteiger partial charge in [0.25, 0.3) is 15.9 Å². The van der Waals surface area contributed by atoms with Crippen molar-refractivity contribution in [3.05, 3.63) is 29.8 Å². The van der Waals surface area contributed by atoms with Gasteiger partial charge in [0.1, 0.15) is 4.90 Å². The van der Waals surface area contributed by atoms with E-state index in [9.17, 15) is 18.0 Å². The molecule has 0 aromatic heterocycles. The van der Waals surface area contributed by atoms with Gasteiger partial charge < -0.3 is 10.2 Å². The van der Waals surface area contributed by atoms with Gasteiger partial charge in [-0.2, -0.15) is 0 Å². The lowest BCUT2D eigenvalue weighted by Crippen LogP contribution is -2.35. The van der Waals surface area contributed by atoms with Gasteiger partial charge in [-0.1, -0.05) is 26.0 Å². The predicted molar refractivity (Wildman–Crippen MR) is 94.7 cm³/mol. The zero-order chi connectivity index (χ0) is 18.4. The molecule has 2 rings (SSSR count). The van der Waals surface area contributed by atoms with Gasteiger partial charge in [-0.3, -0.25) is 9.59 Å². The van der Waals surface area contributed by atoms with Crippen LogP contribution in [0.15, 0.2) is 29.2 Å². The number of carbonyl (C=O) groups is 2. The van der Waals surface area contributed by atoms with Gasteiger partial charge in [0.05, 0.1) is 5.56 Å². The first-order chi connectivity index (χ1) is 11.9. The fraction of sp³-hybridized carbons (Fsp3) is 0.529. The highest BCUT2D eigenvalue weighted by Crippen LogP contribution is 2.29. The molecule has 25 heavy (non-hydrogen) atoms. The number of nitrogens with zero attached hydrogens (tertiary/aromatic N) is 2. The zero-order valence-corrected chi connectivity index (χ0v) is 15.5. The van der Waals surface area contributed by atoms with Crippen molar-refractivity contribution >= 4 is 21.8 Å². The van der Waals surface area contributed by atoms with E-state index in [4.69, 9.17) is 0 Å². The van der Waals surface area contributed by atoms with Crippen molar-refractivity contribution in [3.63, 3.8) is 0 Å². The quantitative estimate of drug-likeness (QED) is 0.660. The molecule has 8 heteroatoms. The summed E-state index contributed by atoms with van der Waals surface area (Å²) in [7, 11) is -3.84. The maximum Gasteiger partial charge on any atom is 0.269 e. The van der Waals surface area contributed by atoms with E-state index >= 15 is 0 Å². The average Bonchev–Trinajstić information content (AvgIpc) is 2.80. The Morgan fingerprint density at radius 3 is 2.52 bits per heavy atom.